The van der Waals surface area contributed by atoms with Gasteiger partial charge >= 0.3 is 0 Å². The van der Waals surface area contributed by atoms with Crippen LogP contribution >= 0.6 is 0 Å². The van der Waals surface area contributed by atoms with Crippen LogP contribution in [0.5, 0.6) is 0 Å². The smallest absolute Gasteiger partial charge is 0.181 e. The van der Waals surface area contributed by atoms with Crippen LogP contribution in [0.3, 0.4) is 0 Å². The van der Waals surface area contributed by atoms with Crippen molar-refractivity contribution >= 4 is 11.2 Å². The first kappa shape index (κ1) is 9.12. The maximum atomic E-state index is 4.42. The molecule has 2 aromatic rings. The molecule has 0 spiro atoms. The van der Waals surface area contributed by atoms with Gasteiger partial charge in [0.15, 0.2) is 5.65 Å². The van der Waals surface area contributed by atoms with Crippen molar-refractivity contribution in [3.8, 4) is 0 Å². The average Bonchev–Trinajstić information content (AvgIpc) is 2.47. The molecule has 0 amide bonds. The van der Waals surface area contributed by atoms with E-state index in [4.69, 9.17) is 0 Å². The molecule has 1 N–H and O–H groups in total. The summed E-state index contributed by atoms with van der Waals surface area (Å²) < 4.78 is 0. The third-order valence-corrected chi connectivity index (χ3v) is 2.17. The zero-order valence-electron chi connectivity index (χ0n) is 8.76. The van der Waals surface area contributed by atoms with Crippen molar-refractivity contribution in [1.29, 1.82) is 0 Å². The maximum absolute atomic E-state index is 4.42. The van der Waals surface area contributed by atoms with E-state index in [1.807, 2.05) is 13.8 Å². The van der Waals surface area contributed by atoms with Crippen LogP contribution in [-0.2, 0) is 6.42 Å². The molecule has 0 aliphatic rings. The summed E-state index contributed by atoms with van der Waals surface area (Å²) in [5.41, 5.74) is 2.74. The van der Waals surface area contributed by atoms with Gasteiger partial charge in [-0.15, -0.1) is 0 Å². The van der Waals surface area contributed by atoms with E-state index in [-0.39, 0.29) is 0 Å². The van der Waals surface area contributed by atoms with Crippen molar-refractivity contribution in [3.63, 3.8) is 0 Å². The summed E-state index contributed by atoms with van der Waals surface area (Å²) in [5.74, 6) is 1.79. The SMILES string of the molecule is CCCc1nc(C)c2[nH]c(C)nc2n1. The second kappa shape index (κ2) is 3.36. The van der Waals surface area contributed by atoms with Crippen LogP contribution in [0.25, 0.3) is 11.2 Å². The third-order valence-electron chi connectivity index (χ3n) is 2.17. The second-order valence-electron chi connectivity index (χ2n) is 3.50. The van der Waals surface area contributed by atoms with Crippen LogP contribution in [0.2, 0.25) is 0 Å². The molecule has 0 atom stereocenters. The number of nitrogens with one attached hydrogen (secondary N) is 1. The second-order valence-corrected chi connectivity index (χ2v) is 3.50. The molecule has 0 bridgehead atoms. The standard InChI is InChI=1S/C10H14N4/c1-4-5-8-11-6(2)9-10(14-8)13-7(3)12-9/h4-5H2,1-3H3,(H,11,12,13,14). The van der Waals surface area contributed by atoms with E-state index in [1.54, 1.807) is 0 Å². The third kappa shape index (κ3) is 1.47. The minimum Gasteiger partial charge on any atom is -0.339 e. The predicted octanol–water partition coefficient (Wildman–Crippen LogP) is 1.92. The zero-order valence-corrected chi connectivity index (χ0v) is 8.76. The molecule has 0 aliphatic carbocycles. The van der Waals surface area contributed by atoms with Crippen LogP contribution in [0.4, 0.5) is 0 Å². The van der Waals surface area contributed by atoms with Crippen LogP contribution in [-0.4, -0.2) is 19.9 Å². The van der Waals surface area contributed by atoms with Crippen molar-refractivity contribution in [1.82, 2.24) is 19.9 Å². The van der Waals surface area contributed by atoms with Gasteiger partial charge in [0.2, 0.25) is 0 Å². The van der Waals surface area contributed by atoms with Gasteiger partial charge in [0.05, 0.1) is 5.69 Å². The molecule has 74 valence electrons. The monoisotopic (exact) mass is 190 g/mol. The Labute approximate surface area is 82.8 Å². The fourth-order valence-electron chi connectivity index (χ4n) is 1.54. The van der Waals surface area contributed by atoms with Gasteiger partial charge in [0.1, 0.15) is 17.2 Å². The number of imidazole rings is 1. The van der Waals surface area contributed by atoms with Crippen molar-refractivity contribution in [3.05, 3.63) is 17.3 Å². The number of hydrogen-bond acceptors (Lipinski definition) is 3. The fraction of sp³-hybridized carbons (Fsp3) is 0.500. The lowest BCUT2D eigenvalue weighted by molar-refractivity contribution is 0.834. The Morgan fingerprint density at radius 1 is 1.14 bits per heavy atom. The molecule has 2 rings (SSSR count). The van der Waals surface area contributed by atoms with E-state index in [0.717, 1.165) is 41.3 Å². The molecule has 0 saturated heterocycles. The Hall–Kier alpha value is -1.45. The molecule has 0 aliphatic heterocycles. The van der Waals surface area contributed by atoms with Gasteiger partial charge < -0.3 is 4.98 Å². The Morgan fingerprint density at radius 2 is 1.93 bits per heavy atom. The summed E-state index contributed by atoms with van der Waals surface area (Å²) in [4.78, 5) is 16.3. The van der Waals surface area contributed by atoms with Crippen LogP contribution < -0.4 is 0 Å². The fourth-order valence-corrected chi connectivity index (χ4v) is 1.54. The minimum atomic E-state index is 0.790. The van der Waals surface area contributed by atoms with E-state index in [0.29, 0.717) is 0 Å². The quantitative estimate of drug-likeness (QED) is 0.787. The molecule has 0 aromatic carbocycles. The van der Waals surface area contributed by atoms with Crippen LogP contribution in [0.15, 0.2) is 0 Å². The topological polar surface area (TPSA) is 54.5 Å². The summed E-state index contributed by atoms with van der Waals surface area (Å²) >= 11 is 0. The Kier molecular flexibility index (Phi) is 2.19. The Morgan fingerprint density at radius 3 is 2.64 bits per heavy atom. The molecular formula is C10H14N4. The molecular weight excluding hydrogens is 176 g/mol. The number of H-pyrrole nitrogens is 1. The number of rotatable bonds is 2. The molecule has 14 heavy (non-hydrogen) atoms. The molecule has 2 aromatic heterocycles. The normalized spacial score (nSPS) is 11.1. The number of nitrogens with zero attached hydrogens (tertiary/aromatic N) is 3. The van der Waals surface area contributed by atoms with Crippen molar-refractivity contribution < 1.29 is 0 Å². The number of aromatic amines is 1. The molecule has 0 fully saturated rings. The number of aryl methyl sites for hydroxylation is 3. The van der Waals surface area contributed by atoms with Gasteiger partial charge in [-0.3, -0.25) is 0 Å². The van der Waals surface area contributed by atoms with Crippen molar-refractivity contribution in [2.45, 2.75) is 33.6 Å². The highest BCUT2D eigenvalue weighted by molar-refractivity contribution is 5.72. The lowest BCUT2D eigenvalue weighted by atomic mass is 10.3. The Balaban J connectivity index is 2.59. The number of aromatic nitrogens is 4. The molecule has 4 nitrogen and oxygen atoms in total. The summed E-state index contributed by atoms with van der Waals surface area (Å²) in [6.07, 6.45) is 1.98. The lowest BCUT2D eigenvalue weighted by Crippen LogP contribution is -1.97. The van der Waals surface area contributed by atoms with E-state index in [2.05, 4.69) is 26.9 Å². The van der Waals surface area contributed by atoms with Gasteiger partial charge in [-0.25, -0.2) is 15.0 Å². The van der Waals surface area contributed by atoms with Gasteiger partial charge in [-0.05, 0) is 20.3 Å². The number of fused-ring (bicyclic) bond motifs is 1. The highest BCUT2D eigenvalue weighted by Gasteiger charge is 2.07. The summed E-state index contributed by atoms with van der Waals surface area (Å²) in [7, 11) is 0. The largest absolute Gasteiger partial charge is 0.339 e. The molecule has 2 heterocycles. The summed E-state index contributed by atoms with van der Waals surface area (Å²) in [6.45, 7) is 6.04. The van der Waals surface area contributed by atoms with Gasteiger partial charge in [-0.1, -0.05) is 6.92 Å². The predicted molar refractivity (Wildman–Crippen MR) is 55.2 cm³/mol. The minimum absolute atomic E-state index is 0.790. The summed E-state index contributed by atoms with van der Waals surface area (Å²) in [6, 6.07) is 0. The lowest BCUT2D eigenvalue weighted by Gasteiger charge is -1.99. The van der Waals surface area contributed by atoms with E-state index < -0.39 is 0 Å². The highest BCUT2D eigenvalue weighted by atomic mass is 15.0. The molecule has 4 heteroatoms. The van der Waals surface area contributed by atoms with Gasteiger partial charge in [0.25, 0.3) is 0 Å². The zero-order chi connectivity index (χ0) is 10.1. The first-order valence-corrected chi connectivity index (χ1v) is 4.90. The van der Waals surface area contributed by atoms with Gasteiger partial charge in [-0.2, -0.15) is 0 Å². The first-order chi connectivity index (χ1) is 6.70. The molecule has 0 radical (unpaired) electrons. The Bertz CT molecular complexity index is 458. The average molecular weight is 190 g/mol. The number of hydrogen-bond donors (Lipinski definition) is 1. The van der Waals surface area contributed by atoms with E-state index in [9.17, 15) is 0 Å². The van der Waals surface area contributed by atoms with E-state index >= 15 is 0 Å². The molecule has 0 saturated carbocycles. The van der Waals surface area contributed by atoms with E-state index in [1.165, 1.54) is 0 Å². The van der Waals surface area contributed by atoms with Crippen LogP contribution in [0, 0.1) is 13.8 Å². The first-order valence-electron chi connectivity index (χ1n) is 4.90. The summed E-state index contributed by atoms with van der Waals surface area (Å²) in [5, 5.41) is 0. The van der Waals surface area contributed by atoms with Crippen LogP contribution in [0.1, 0.15) is 30.7 Å². The maximum Gasteiger partial charge on any atom is 0.181 e. The molecule has 0 unspecified atom stereocenters. The van der Waals surface area contributed by atoms with Crippen molar-refractivity contribution in [2.24, 2.45) is 0 Å². The van der Waals surface area contributed by atoms with Crippen molar-refractivity contribution in [2.75, 3.05) is 0 Å². The van der Waals surface area contributed by atoms with Gasteiger partial charge in [0, 0.05) is 6.42 Å². The highest BCUT2D eigenvalue weighted by Crippen LogP contribution is 2.12.